The van der Waals surface area contributed by atoms with E-state index in [4.69, 9.17) is 4.74 Å². The van der Waals surface area contributed by atoms with Crippen LogP contribution in [0.3, 0.4) is 0 Å². The molecule has 82 valence electrons. The van der Waals surface area contributed by atoms with Crippen molar-refractivity contribution in [2.24, 2.45) is 0 Å². The average Bonchev–Trinajstić information content (AvgIpc) is 2.29. The summed E-state index contributed by atoms with van der Waals surface area (Å²) in [5.41, 5.74) is 0. The number of para-hydroxylation sites is 2. The second-order valence-electron chi connectivity index (χ2n) is 3.46. The molecule has 0 radical (unpaired) electrons. The molecule has 0 saturated carbocycles. The third kappa shape index (κ3) is 1.56. The maximum atomic E-state index is 5.89. The van der Waals surface area contributed by atoms with Crippen molar-refractivity contribution in [2.75, 3.05) is 0 Å². The first-order chi connectivity index (χ1) is 7.69. The molecule has 1 aliphatic rings. The molecule has 0 N–H and O–H groups in total. The van der Waals surface area contributed by atoms with Gasteiger partial charge in [0.05, 0.1) is 0 Å². The first-order valence-electron chi connectivity index (χ1n) is 4.78. The van der Waals surface area contributed by atoms with Crippen LogP contribution in [-0.4, -0.2) is 9.23 Å². The number of ether oxygens (including phenoxy) is 1. The Morgan fingerprint density at radius 3 is 1.69 bits per heavy atom. The van der Waals surface area contributed by atoms with Crippen LogP contribution in [0.4, 0.5) is 0 Å². The van der Waals surface area contributed by atoms with Gasteiger partial charge < -0.3 is 0 Å². The molecule has 0 amide bonds. The van der Waals surface area contributed by atoms with E-state index in [0.29, 0.717) is 0 Å². The van der Waals surface area contributed by atoms with Crippen LogP contribution >= 0.6 is 28.2 Å². The van der Waals surface area contributed by atoms with Crippen LogP contribution in [0.25, 0.3) is 0 Å². The molecule has 4 heteroatoms. The molecular formula is C12H8Br2OSe. The SMILES string of the molecule is Br[Se]1(Br)c2ccccc2Oc2ccccc21. The second kappa shape index (κ2) is 3.88. The molecule has 3 rings (SSSR count). The minimum absolute atomic E-state index is 0.954. The fourth-order valence-electron chi connectivity index (χ4n) is 1.73. The van der Waals surface area contributed by atoms with Crippen molar-refractivity contribution >= 4 is 46.4 Å². The fraction of sp³-hybridized carbons (Fsp3) is 0. The predicted molar refractivity (Wildman–Crippen MR) is 75.8 cm³/mol. The van der Waals surface area contributed by atoms with E-state index < -0.39 is 9.23 Å². The maximum absolute atomic E-state index is 5.89. The summed E-state index contributed by atoms with van der Waals surface area (Å²) in [6, 6.07) is 16.4. The summed E-state index contributed by atoms with van der Waals surface area (Å²) in [4.78, 5) is 0. The summed E-state index contributed by atoms with van der Waals surface area (Å²) in [6.07, 6.45) is 0. The number of benzene rings is 2. The van der Waals surface area contributed by atoms with Gasteiger partial charge in [0.2, 0.25) is 0 Å². The minimum atomic E-state index is -2.13. The van der Waals surface area contributed by atoms with Crippen LogP contribution in [0.2, 0.25) is 0 Å². The molecule has 16 heavy (non-hydrogen) atoms. The molecule has 0 aliphatic carbocycles. The van der Waals surface area contributed by atoms with Gasteiger partial charge in [0.25, 0.3) is 0 Å². The first kappa shape index (κ1) is 10.8. The molecular weight excluding hydrogens is 399 g/mol. The molecule has 0 unspecified atom stereocenters. The van der Waals surface area contributed by atoms with Crippen LogP contribution < -0.4 is 13.7 Å². The van der Waals surface area contributed by atoms with Crippen molar-refractivity contribution in [3.8, 4) is 11.5 Å². The zero-order chi connectivity index (χ0) is 11.2. The van der Waals surface area contributed by atoms with Gasteiger partial charge in [0.15, 0.2) is 0 Å². The Balaban J connectivity index is 2.28. The van der Waals surface area contributed by atoms with Crippen LogP contribution in [-0.2, 0) is 0 Å². The average molecular weight is 407 g/mol. The molecule has 1 aliphatic heterocycles. The van der Waals surface area contributed by atoms with E-state index in [2.05, 4.69) is 40.4 Å². The topological polar surface area (TPSA) is 9.23 Å². The van der Waals surface area contributed by atoms with E-state index in [-0.39, 0.29) is 0 Å². The van der Waals surface area contributed by atoms with Crippen molar-refractivity contribution < 1.29 is 4.74 Å². The molecule has 0 aromatic heterocycles. The molecule has 0 spiro atoms. The standard InChI is InChI=1S/C12H8Br2OSe/c13-16(14)11-7-3-1-5-9(11)15-10-6-2-4-8-12(10)16/h1-8H. The molecule has 0 fully saturated rings. The van der Waals surface area contributed by atoms with Crippen LogP contribution in [0.5, 0.6) is 11.5 Å². The molecule has 0 atom stereocenters. The van der Waals surface area contributed by atoms with E-state index in [1.807, 2.05) is 36.4 Å². The predicted octanol–water partition coefficient (Wildman–Crippen LogP) is 3.14. The zero-order valence-corrected chi connectivity index (χ0v) is 13.1. The number of hydrogen-bond acceptors (Lipinski definition) is 1. The Labute approximate surface area is 110 Å². The van der Waals surface area contributed by atoms with Crippen LogP contribution in [0.15, 0.2) is 48.5 Å². The van der Waals surface area contributed by atoms with E-state index in [0.717, 1.165) is 11.5 Å². The van der Waals surface area contributed by atoms with Gasteiger partial charge in [-0.1, -0.05) is 0 Å². The van der Waals surface area contributed by atoms with Crippen molar-refractivity contribution in [1.82, 2.24) is 0 Å². The van der Waals surface area contributed by atoms with Gasteiger partial charge in [-0.15, -0.1) is 0 Å². The van der Waals surface area contributed by atoms with Gasteiger partial charge in [0.1, 0.15) is 0 Å². The van der Waals surface area contributed by atoms with Crippen LogP contribution in [0, 0.1) is 0 Å². The third-order valence-electron chi connectivity index (χ3n) is 2.47. The van der Waals surface area contributed by atoms with Gasteiger partial charge in [-0.3, -0.25) is 0 Å². The van der Waals surface area contributed by atoms with Gasteiger partial charge in [-0.2, -0.15) is 0 Å². The number of halogens is 2. The number of fused-ring (bicyclic) bond motifs is 2. The summed E-state index contributed by atoms with van der Waals surface area (Å²) >= 11 is 7.77. The van der Waals surface area contributed by atoms with Crippen molar-refractivity contribution in [2.45, 2.75) is 0 Å². The Bertz CT molecular complexity index is 507. The van der Waals surface area contributed by atoms with E-state index in [1.165, 1.54) is 8.92 Å². The molecule has 1 nitrogen and oxygen atoms in total. The summed E-state index contributed by atoms with van der Waals surface area (Å²) in [5, 5.41) is 0. The summed E-state index contributed by atoms with van der Waals surface area (Å²) in [7, 11) is -2.13. The summed E-state index contributed by atoms with van der Waals surface area (Å²) in [5.74, 6) is 1.91. The second-order valence-corrected chi connectivity index (χ2v) is 21.9. The number of rotatable bonds is 0. The van der Waals surface area contributed by atoms with Crippen molar-refractivity contribution in [3.05, 3.63) is 48.5 Å². The zero-order valence-electron chi connectivity index (χ0n) is 8.19. The molecule has 0 saturated heterocycles. The Morgan fingerprint density at radius 1 is 0.750 bits per heavy atom. The van der Waals surface area contributed by atoms with Crippen LogP contribution in [0.1, 0.15) is 0 Å². The van der Waals surface area contributed by atoms with E-state index in [9.17, 15) is 0 Å². The summed E-state index contributed by atoms with van der Waals surface area (Å²) < 4.78 is 8.39. The Morgan fingerprint density at radius 2 is 1.19 bits per heavy atom. The van der Waals surface area contributed by atoms with Gasteiger partial charge in [-0.05, 0) is 0 Å². The van der Waals surface area contributed by atoms with Crippen molar-refractivity contribution in [1.29, 1.82) is 0 Å². The number of hydrogen-bond donors (Lipinski definition) is 0. The molecule has 0 bridgehead atoms. The normalized spacial score (nSPS) is 17.9. The van der Waals surface area contributed by atoms with Gasteiger partial charge in [-0.25, -0.2) is 0 Å². The Kier molecular flexibility index (Phi) is 2.63. The van der Waals surface area contributed by atoms with Crippen molar-refractivity contribution in [3.63, 3.8) is 0 Å². The molecule has 2 aromatic rings. The first-order valence-corrected chi connectivity index (χ1v) is 14.5. The third-order valence-corrected chi connectivity index (χ3v) is 13.5. The summed E-state index contributed by atoms with van der Waals surface area (Å²) in [6.45, 7) is 0. The van der Waals surface area contributed by atoms with Gasteiger partial charge in [0, 0.05) is 0 Å². The van der Waals surface area contributed by atoms with Gasteiger partial charge >= 0.3 is 111 Å². The molecule has 1 heterocycles. The van der Waals surface area contributed by atoms with E-state index in [1.54, 1.807) is 0 Å². The Hall–Kier alpha value is -0.281. The quantitative estimate of drug-likeness (QED) is 0.611. The molecule has 2 aromatic carbocycles. The fourth-order valence-corrected chi connectivity index (χ4v) is 10.4. The van der Waals surface area contributed by atoms with E-state index >= 15 is 0 Å². The monoisotopic (exact) mass is 406 g/mol.